The number of ether oxygens (including phenoxy) is 1. The van der Waals surface area contributed by atoms with Gasteiger partial charge in [-0.25, -0.2) is 9.49 Å². The Morgan fingerprint density at radius 3 is 2.72 bits per heavy atom. The molecule has 7 nitrogen and oxygen atoms in total. The van der Waals surface area contributed by atoms with Crippen LogP contribution in [-0.4, -0.2) is 28.7 Å². The first-order chi connectivity index (χ1) is 14.0. The Morgan fingerprint density at radius 1 is 1.14 bits per heavy atom. The van der Waals surface area contributed by atoms with E-state index in [9.17, 15) is 18.8 Å². The third kappa shape index (κ3) is 5.25. The van der Waals surface area contributed by atoms with E-state index in [4.69, 9.17) is 4.74 Å². The van der Waals surface area contributed by atoms with E-state index < -0.39 is 11.5 Å². The van der Waals surface area contributed by atoms with Gasteiger partial charge in [0.15, 0.2) is 0 Å². The molecule has 1 aromatic heterocycles. The minimum absolute atomic E-state index is 0.0183. The van der Waals surface area contributed by atoms with Crippen LogP contribution in [0.25, 0.3) is 10.8 Å². The van der Waals surface area contributed by atoms with Gasteiger partial charge in [-0.1, -0.05) is 18.2 Å². The van der Waals surface area contributed by atoms with Crippen molar-refractivity contribution in [2.45, 2.75) is 26.2 Å². The second-order valence-electron chi connectivity index (χ2n) is 6.42. The van der Waals surface area contributed by atoms with Crippen LogP contribution in [0.1, 0.15) is 31.0 Å². The molecule has 0 bridgehead atoms. The van der Waals surface area contributed by atoms with Crippen LogP contribution in [0.3, 0.4) is 0 Å². The molecule has 2 aromatic carbocycles. The van der Waals surface area contributed by atoms with E-state index in [1.807, 2.05) is 0 Å². The minimum Gasteiger partial charge on any atom is -0.466 e. The highest BCUT2D eigenvalue weighted by molar-refractivity contribution is 5.95. The van der Waals surface area contributed by atoms with Gasteiger partial charge in [-0.2, -0.15) is 5.10 Å². The number of benzene rings is 2. The van der Waals surface area contributed by atoms with Gasteiger partial charge in [-0.15, -0.1) is 0 Å². The topological polar surface area (TPSA) is 101 Å². The van der Waals surface area contributed by atoms with Gasteiger partial charge in [-0.3, -0.25) is 14.4 Å². The quantitative estimate of drug-likeness (QED) is 0.597. The van der Waals surface area contributed by atoms with Crippen molar-refractivity contribution >= 4 is 28.3 Å². The number of aromatic nitrogens is 2. The Bertz CT molecular complexity index is 1110. The van der Waals surface area contributed by atoms with Crippen molar-refractivity contribution in [3.05, 3.63) is 69.9 Å². The van der Waals surface area contributed by atoms with Gasteiger partial charge in [0.25, 0.3) is 5.56 Å². The number of esters is 1. The summed E-state index contributed by atoms with van der Waals surface area (Å²) in [7, 11) is 0. The normalized spacial score (nSPS) is 10.7. The molecular weight excluding hydrogens is 377 g/mol. The lowest BCUT2D eigenvalue weighted by Gasteiger charge is -2.09. The number of rotatable bonds is 7. The zero-order chi connectivity index (χ0) is 20.8. The van der Waals surface area contributed by atoms with Crippen LogP contribution in [0.2, 0.25) is 0 Å². The van der Waals surface area contributed by atoms with Crippen LogP contribution < -0.4 is 10.9 Å². The molecule has 1 heterocycles. The number of carbonyl (C=O) groups excluding carboxylic acids is 2. The summed E-state index contributed by atoms with van der Waals surface area (Å²) in [5.74, 6) is -1.14. The molecule has 3 rings (SSSR count). The van der Waals surface area contributed by atoms with Crippen molar-refractivity contribution in [1.29, 1.82) is 0 Å². The number of carbonyl (C=O) groups is 2. The number of anilines is 1. The Balaban J connectivity index is 1.79. The van der Waals surface area contributed by atoms with E-state index in [1.54, 1.807) is 37.3 Å². The monoisotopic (exact) mass is 397 g/mol. The van der Waals surface area contributed by atoms with Crippen molar-refractivity contribution in [2.75, 3.05) is 11.9 Å². The molecule has 0 fully saturated rings. The van der Waals surface area contributed by atoms with Crippen molar-refractivity contribution in [1.82, 2.24) is 10.2 Å². The van der Waals surface area contributed by atoms with E-state index >= 15 is 0 Å². The molecular formula is C21H20FN3O4. The highest BCUT2D eigenvalue weighted by Crippen LogP contribution is 2.21. The van der Waals surface area contributed by atoms with Gasteiger partial charge < -0.3 is 10.1 Å². The second-order valence-corrected chi connectivity index (χ2v) is 6.42. The maximum Gasteiger partial charge on any atom is 0.306 e. The molecule has 2 N–H and O–H groups in total. The SMILES string of the molecule is CCOC(=O)CCC(=O)Nc1ccc2c(Cc3cccc(F)c3)n[nH]c(=O)c2c1. The highest BCUT2D eigenvalue weighted by Gasteiger charge is 2.11. The van der Waals surface area contributed by atoms with E-state index in [0.717, 1.165) is 5.56 Å². The number of nitrogens with zero attached hydrogens (tertiary/aromatic N) is 1. The molecule has 0 atom stereocenters. The molecule has 0 aliphatic carbocycles. The van der Waals surface area contributed by atoms with Crippen molar-refractivity contribution in [3.8, 4) is 0 Å². The standard InChI is InChI=1S/C21H20FN3O4/c1-2-29-20(27)9-8-19(26)23-15-6-7-16-17(12-15)21(28)25-24-18(16)11-13-4-3-5-14(22)10-13/h3-7,10,12H,2,8-9,11H2,1H3,(H,23,26)(H,25,28). The fourth-order valence-electron chi connectivity index (χ4n) is 2.95. The minimum atomic E-state index is -0.439. The van der Waals surface area contributed by atoms with Gasteiger partial charge >= 0.3 is 5.97 Å². The summed E-state index contributed by atoms with van der Waals surface area (Å²) < 4.78 is 18.2. The number of H-pyrrole nitrogens is 1. The number of halogens is 1. The predicted octanol–water partition coefficient (Wildman–Crippen LogP) is 2.93. The third-order valence-electron chi connectivity index (χ3n) is 4.27. The molecule has 29 heavy (non-hydrogen) atoms. The summed E-state index contributed by atoms with van der Waals surface area (Å²) in [6.45, 7) is 1.96. The number of fused-ring (bicyclic) bond motifs is 1. The summed E-state index contributed by atoms with van der Waals surface area (Å²) in [5.41, 5.74) is 1.35. The van der Waals surface area contributed by atoms with Crippen LogP contribution in [0.4, 0.5) is 10.1 Å². The Hall–Kier alpha value is -3.55. The van der Waals surface area contributed by atoms with E-state index in [-0.39, 0.29) is 31.2 Å². The summed E-state index contributed by atoms with van der Waals surface area (Å²) in [5, 5.41) is 10.2. The first-order valence-electron chi connectivity index (χ1n) is 9.17. The summed E-state index contributed by atoms with van der Waals surface area (Å²) >= 11 is 0. The summed E-state index contributed by atoms with van der Waals surface area (Å²) in [6.07, 6.45) is 0.306. The molecule has 0 unspecified atom stereocenters. The second kappa shape index (κ2) is 9.09. The van der Waals surface area contributed by atoms with Gasteiger partial charge in [-0.05, 0) is 36.8 Å². The average molecular weight is 397 g/mol. The molecule has 0 aliphatic heterocycles. The number of amides is 1. The van der Waals surface area contributed by atoms with Crippen molar-refractivity contribution in [3.63, 3.8) is 0 Å². The van der Waals surface area contributed by atoms with Crippen LogP contribution in [-0.2, 0) is 20.7 Å². The van der Waals surface area contributed by atoms with E-state index in [1.165, 1.54) is 12.1 Å². The first-order valence-corrected chi connectivity index (χ1v) is 9.17. The van der Waals surface area contributed by atoms with Crippen molar-refractivity contribution in [2.24, 2.45) is 0 Å². The fourth-order valence-corrected chi connectivity index (χ4v) is 2.95. The number of aromatic amines is 1. The fraction of sp³-hybridized carbons (Fsp3) is 0.238. The molecule has 3 aromatic rings. The van der Waals surface area contributed by atoms with Gasteiger partial charge in [0, 0.05) is 23.9 Å². The van der Waals surface area contributed by atoms with Crippen LogP contribution in [0.15, 0.2) is 47.3 Å². The predicted molar refractivity (Wildman–Crippen MR) is 106 cm³/mol. The first kappa shape index (κ1) is 20.2. The van der Waals surface area contributed by atoms with Gasteiger partial charge in [0.1, 0.15) is 5.82 Å². The zero-order valence-electron chi connectivity index (χ0n) is 15.8. The van der Waals surface area contributed by atoms with E-state index in [2.05, 4.69) is 15.5 Å². The zero-order valence-corrected chi connectivity index (χ0v) is 15.8. The maximum absolute atomic E-state index is 13.4. The number of hydrogen-bond acceptors (Lipinski definition) is 5. The lowest BCUT2D eigenvalue weighted by atomic mass is 10.0. The third-order valence-corrected chi connectivity index (χ3v) is 4.27. The number of hydrogen-bond donors (Lipinski definition) is 2. The molecule has 0 saturated carbocycles. The summed E-state index contributed by atoms with van der Waals surface area (Å²) in [4.78, 5) is 35.6. The molecule has 150 valence electrons. The Kier molecular flexibility index (Phi) is 6.33. The lowest BCUT2D eigenvalue weighted by Crippen LogP contribution is -2.15. The Morgan fingerprint density at radius 2 is 1.97 bits per heavy atom. The highest BCUT2D eigenvalue weighted by atomic mass is 19.1. The molecule has 0 spiro atoms. The van der Waals surface area contributed by atoms with Crippen LogP contribution in [0.5, 0.6) is 0 Å². The molecule has 0 saturated heterocycles. The largest absolute Gasteiger partial charge is 0.466 e. The Labute approximate surface area is 165 Å². The van der Waals surface area contributed by atoms with Crippen LogP contribution in [0, 0.1) is 5.82 Å². The van der Waals surface area contributed by atoms with E-state index in [0.29, 0.717) is 28.6 Å². The lowest BCUT2D eigenvalue weighted by molar-refractivity contribution is -0.144. The van der Waals surface area contributed by atoms with Gasteiger partial charge in [0.2, 0.25) is 5.91 Å². The molecule has 8 heteroatoms. The molecule has 0 aliphatic rings. The molecule has 1 amide bonds. The van der Waals surface area contributed by atoms with Crippen LogP contribution >= 0.6 is 0 Å². The average Bonchev–Trinajstić information content (AvgIpc) is 2.69. The van der Waals surface area contributed by atoms with Gasteiger partial charge in [0.05, 0.1) is 24.1 Å². The summed E-state index contributed by atoms with van der Waals surface area (Å²) in [6, 6.07) is 11.1. The number of nitrogens with one attached hydrogen (secondary N) is 2. The smallest absolute Gasteiger partial charge is 0.306 e. The molecule has 0 radical (unpaired) electrons. The maximum atomic E-state index is 13.4. The van der Waals surface area contributed by atoms with Crippen molar-refractivity contribution < 1.29 is 18.7 Å².